The lowest BCUT2D eigenvalue weighted by Gasteiger charge is -1.99. The number of rotatable bonds is 2. The fourth-order valence-electron chi connectivity index (χ4n) is 2.16. The third-order valence-corrected chi connectivity index (χ3v) is 3.14. The first-order valence-corrected chi connectivity index (χ1v) is 6.04. The Kier molecular flexibility index (Phi) is 2.67. The molecule has 94 valence electrons. The largest absolute Gasteiger partial charge is 0.352 e. The zero-order valence-corrected chi connectivity index (χ0v) is 10.4. The maximum Gasteiger partial charge on any atom is 0.212 e. The number of H-pyrrole nitrogens is 1. The monoisotopic (exact) mass is 253 g/mol. The van der Waals surface area contributed by atoms with Crippen molar-refractivity contribution in [2.24, 2.45) is 0 Å². The van der Waals surface area contributed by atoms with Crippen molar-refractivity contribution in [3.8, 4) is 0 Å². The van der Waals surface area contributed by atoms with Gasteiger partial charge in [-0.25, -0.2) is 4.39 Å². The van der Waals surface area contributed by atoms with E-state index in [0.717, 1.165) is 16.5 Å². The summed E-state index contributed by atoms with van der Waals surface area (Å²) in [6.07, 6.45) is 0. The summed E-state index contributed by atoms with van der Waals surface area (Å²) in [6.45, 7) is 1.99. The van der Waals surface area contributed by atoms with E-state index in [4.69, 9.17) is 0 Å². The Hall–Kier alpha value is -2.42. The maximum absolute atomic E-state index is 13.6. The molecule has 2 aromatic carbocycles. The summed E-state index contributed by atoms with van der Waals surface area (Å²) in [6, 6.07) is 13.7. The van der Waals surface area contributed by atoms with Gasteiger partial charge in [0.2, 0.25) is 5.78 Å². The summed E-state index contributed by atoms with van der Waals surface area (Å²) in [4.78, 5) is 15.3. The molecule has 2 nitrogen and oxygen atoms in total. The second-order valence-corrected chi connectivity index (χ2v) is 4.58. The van der Waals surface area contributed by atoms with Crippen LogP contribution in [0.3, 0.4) is 0 Å². The zero-order chi connectivity index (χ0) is 13.4. The number of carbonyl (C=O) groups is 1. The molecule has 1 N–H and O–H groups in total. The molecule has 3 aromatic rings. The van der Waals surface area contributed by atoms with Gasteiger partial charge in [0.15, 0.2) is 0 Å². The van der Waals surface area contributed by atoms with Gasteiger partial charge in [-0.3, -0.25) is 4.79 Å². The molecule has 0 saturated heterocycles. The number of hydrogen-bond donors (Lipinski definition) is 1. The summed E-state index contributed by atoms with van der Waals surface area (Å²) in [5.41, 5.74) is 2.50. The zero-order valence-electron chi connectivity index (χ0n) is 10.4. The van der Waals surface area contributed by atoms with E-state index in [1.165, 1.54) is 12.1 Å². The van der Waals surface area contributed by atoms with Gasteiger partial charge in [-0.2, -0.15) is 0 Å². The number of aromatic amines is 1. The van der Waals surface area contributed by atoms with E-state index in [1.54, 1.807) is 18.2 Å². The van der Waals surface area contributed by atoms with Crippen molar-refractivity contribution in [1.29, 1.82) is 0 Å². The average Bonchev–Trinajstić information content (AvgIpc) is 2.81. The highest BCUT2D eigenvalue weighted by Gasteiger charge is 2.15. The van der Waals surface area contributed by atoms with Gasteiger partial charge in [-0.1, -0.05) is 23.8 Å². The molecular weight excluding hydrogens is 241 g/mol. The number of hydrogen-bond acceptors (Lipinski definition) is 1. The molecule has 3 rings (SSSR count). The van der Waals surface area contributed by atoms with Gasteiger partial charge < -0.3 is 4.98 Å². The number of carbonyl (C=O) groups excluding carboxylic acids is 1. The molecule has 1 aromatic heterocycles. The van der Waals surface area contributed by atoms with E-state index in [0.29, 0.717) is 5.69 Å². The fourth-order valence-corrected chi connectivity index (χ4v) is 2.16. The average molecular weight is 253 g/mol. The number of ketones is 1. The summed E-state index contributed by atoms with van der Waals surface area (Å²) in [5, 5.41) is 0.958. The fraction of sp³-hybridized carbons (Fsp3) is 0.0625. The van der Waals surface area contributed by atoms with Crippen LogP contribution in [0.25, 0.3) is 10.9 Å². The first-order valence-electron chi connectivity index (χ1n) is 6.04. The van der Waals surface area contributed by atoms with Crippen LogP contribution >= 0.6 is 0 Å². The Morgan fingerprint density at radius 2 is 1.89 bits per heavy atom. The predicted molar refractivity (Wildman–Crippen MR) is 72.9 cm³/mol. The summed E-state index contributed by atoms with van der Waals surface area (Å²) in [5.74, 6) is -0.825. The van der Waals surface area contributed by atoms with Crippen LogP contribution in [-0.2, 0) is 0 Å². The molecule has 0 saturated carbocycles. The highest BCUT2D eigenvalue weighted by molar-refractivity contribution is 6.10. The van der Waals surface area contributed by atoms with Gasteiger partial charge in [-0.05, 0) is 37.3 Å². The lowest BCUT2D eigenvalue weighted by molar-refractivity contribution is 0.103. The minimum Gasteiger partial charge on any atom is -0.352 e. The van der Waals surface area contributed by atoms with Crippen molar-refractivity contribution in [3.63, 3.8) is 0 Å². The topological polar surface area (TPSA) is 32.9 Å². The molecule has 3 heteroatoms. The molecule has 0 amide bonds. The Morgan fingerprint density at radius 1 is 1.11 bits per heavy atom. The van der Waals surface area contributed by atoms with Gasteiger partial charge in [0.05, 0.1) is 11.3 Å². The number of aromatic nitrogens is 1. The van der Waals surface area contributed by atoms with Crippen molar-refractivity contribution in [2.75, 3.05) is 0 Å². The van der Waals surface area contributed by atoms with Crippen molar-refractivity contribution in [3.05, 3.63) is 71.2 Å². The van der Waals surface area contributed by atoms with Crippen molar-refractivity contribution in [2.45, 2.75) is 6.92 Å². The second kappa shape index (κ2) is 4.35. The Labute approximate surface area is 109 Å². The molecule has 0 spiro atoms. The number of nitrogens with one attached hydrogen (secondary N) is 1. The van der Waals surface area contributed by atoms with E-state index >= 15 is 0 Å². The van der Waals surface area contributed by atoms with Crippen molar-refractivity contribution >= 4 is 16.7 Å². The van der Waals surface area contributed by atoms with Gasteiger partial charge >= 0.3 is 0 Å². The normalized spacial score (nSPS) is 10.8. The van der Waals surface area contributed by atoms with Crippen molar-refractivity contribution < 1.29 is 9.18 Å². The number of halogens is 1. The molecule has 0 radical (unpaired) electrons. The van der Waals surface area contributed by atoms with Gasteiger partial charge in [-0.15, -0.1) is 0 Å². The van der Waals surface area contributed by atoms with Crippen LogP contribution in [0.1, 0.15) is 21.6 Å². The molecule has 0 fully saturated rings. The lowest BCUT2D eigenvalue weighted by Crippen LogP contribution is -2.04. The van der Waals surface area contributed by atoms with E-state index < -0.39 is 5.82 Å². The van der Waals surface area contributed by atoms with Crippen LogP contribution in [0, 0.1) is 12.7 Å². The standard InChI is InChI=1S/C16H12FNO/c1-10-6-7-14-11(8-10)9-15(18-14)16(19)12-4-2-3-5-13(12)17/h2-9,18H,1H3. The number of fused-ring (bicyclic) bond motifs is 1. The van der Waals surface area contributed by atoms with Crippen LogP contribution < -0.4 is 0 Å². The maximum atomic E-state index is 13.6. The summed E-state index contributed by atoms with van der Waals surface area (Å²) in [7, 11) is 0. The predicted octanol–water partition coefficient (Wildman–Crippen LogP) is 3.85. The first-order chi connectivity index (χ1) is 9.15. The highest BCUT2D eigenvalue weighted by Crippen LogP contribution is 2.20. The molecular formula is C16H12FNO. The van der Waals surface area contributed by atoms with Crippen LogP contribution in [0.4, 0.5) is 4.39 Å². The third kappa shape index (κ3) is 2.03. The SMILES string of the molecule is Cc1ccc2[nH]c(C(=O)c3ccccc3F)cc2c1. The lowest BCUT2D eigenvalue weighted by atomic mass is 10.1. The highest BCUT2D eigenvalue weighted by atomic mass is 19.1. The minimum absolute atomic E-state index is 0.0887. The van der Waals surface area contributed by atoms with Crippen LogP contribution in [-0.4, -0.2) is 10.8 Å². The van der Waals surface area contributed by atoms with E-state index in [2.05, 4.69) is 4.98 Å². The molecule has 0 unspecified atom stereocenters. The molecule has 0 aliphatic rings. The van der Waals surface area contributed by atoms with Gasteiger partial charge in [0, 0.05) is 10.9 Å². The molecule has 0 bridgehead atoms. The minimum atomic E-state index is -0.498. The van der Waals surface area contributed by atoms with Crippen molar-refractivity contribution in [1.82, 2.24) is 4.98 Å². The summed E-state index contributed by atoms with van der Waals surface area (Å²) >= 11 is 0. The molecule has 0 atom stereocenters. The Bertz CT molecular complexity index is 773. The van der Waals surface area contributed by atoms with Crippen LogP contribution in [0.5, 0.6) is 0 Å². The van der Waals surface area contributed by atoms with E-state index in [-0.39, 0.29) is 11.3 Å². The number of benzene rings is 2. The first kappa shape index (κ1) is 11.7. The van der Waals surface area contributed by atoms with Gasteiger partial charge in [0.25, 0.3) is 0 Å². The Balaban J connectivity index is 2.09. The van der Waals surface area contributed by atoms with E-state index in [1.807, 2.05) is 25.1 Å². The Morgan fingerprint density at radius 3 is 2.68 bits per heavy atom. The van der Waals surface area contributed by atoms with Gasteiger partial charge in [0.1, 0.15) is 5.82 Å². The molecule has 19 heavy (non-hydrogen) atoms. The molecule has 0 aliphatic heterocycles. The molecule has 0 aliphatic carbocycles. The number of aryl methyl sites for hydroxylation is 1. The van der Waals surface area contributed by atoms with Crippen LogP contribution in [0.2, 0.25) is 0 Å². The second-order valence-electron chi connectivity index (χ2n) is 4.58. The summed E-state index contributed by atoms with van der Waals surface area (Å²) < 4.78 is 13.6. The van der Waals surface area contributed by atoms with E-state index in [9.17, 15) is 9.18 Å². The quantitative estimate of drug-likeness (QED) is 0.691. The smallest absolute Gasteiger partial charge is 0.212 e. The third-order valence-electron chi connectivity index (χ3n) is 3.14. The molecule has 1 heterocycles. The van der Waals surface area contributed by atoms with Crippen LogP contribution in [0.15, 0.2) is 48.5 Å².